The zero-order chi connectivity index (χ0) is 20.3. The molecule has 1 fully saturated rings. The van der Waals surface area contributed by atoms with Gasteiger partial charge < -0.3 is 14.4 Å². The van der Waals surface area contributed by atoms with Crippen molar-refractivity contribution in [3.63, 3.8) is 0 Å². The second-order valence-electron chi connectivity index (χ2n) is 7.75. The van der Waals surface area contributed by atoms with Gasteiger partial charge in [0.05, 0.1) is 24.9 Å². The van der Waals surface area contributed by atoms with Gasteiger partial charge in [0.15, 0.2) is 0 Å². The number of morpholine rings is 1. The topological polar surface area (TPSA) is 51.7 Å². The van der Waals surface area contributed by atoms with Crippen molar-refractivity contribution < 1.29 is 14.3 Å². The largest absolute Gasteiger partial charge is 0.456 e. The van der Waals surface area contributed by atoms with Crippen LogP contribution in [-0.4, -0.2) is 34.5 Å². The second kappa shape index (κ2) is 8.05. The van der Waals surface area contributed by atoms with Gasteiger partial charge in [-0.3, -0.25) is 9.78 Å². The van der Waals surface area contributed by atoms with Gasteiger partial charge in [0, 0.05) is 11.8 Å². The van der Waals surface area contributed by atoms with Crippen LogP contribution in [0.3, 0.4) is 0 Å². The standard InChI is InChI=1S/C24H24N2O3/c1-24(2)17-28-22(18-7-4-3-5-8-18)16-26(24)23(27)19-10-12-20(13-11-19)29-21-9-6-14-25-15-21/h3-15,22H,16-17H2,1-2H3/t22-/m0/s1. The van der Waals surface area contributed by atoms with Crippen molar-refractivity contribution in [3.05, 3.63) is 90.3 Å². The fourth-order valence-electron chi connectivity index (χ4n) is 3.44. The molecule has 1 aromatic heterocycles. The molecule has 5 heteroatoms. The summed E-state index contributed by atoms with van der Waals surface area (Å²) >= 11 is 0. The molecule has 2 aromatic carbocycles. The third kappa shape index (κ3) is 4.30. The lowest BCUT2D eigenvalue weighted by Gasteiger charge is -2.45. The van der Waals surface area contributed by atoms with Crippen LogP contribution in [0, 0.1) is 0 Å². The van der Waals surface area contributed by atoms with Crippen LogP contribution in [0.25, 0.3) is 0 Å². The molecule has 0 saturated carbocycles. The van der Waals surface area contributed by atoms with Gasteiger partial charge in [-0.2, -0.15) is 0 Å². The third-order valence-electron chi connectivity index (χ3n) is 5.10. The first-order valence-electron chi connectivity index (χ1n) is 9.69. The summed E-state index contributed by atoms with van der Waals surface area (Å²) in [5.74, 6) is 1.32. The van der Waals surface area contributed by atoms with E-state index in [1.807, 2.05) is 73.3 Å². The van der Waals surface area contributed by atoms with Gasteiger partial charge >= 0.3 is 0 Å². The van der Waals surface area contributed by atoms with E-state index in [4.69, 9.17) is 9.47 Å². The molecule has 0 spiro atoms. The van der Waals surface area contributed by atoms with Crippen molar-refractivity contribution >= 4 is 5.91 Å². The summed E-state index contributed by atoms with van der Waals surface area (Å²) in [5.41, 5.74) is 1.33. The molecular weight excluding hydrogens is 364 g/mol. The highest BCUT2D eigenvalue weighted by Crippen LogP contribution is 2.32. The van der Waals surface area contributed by atoms with Crippen LogP contribution in [0.4, 0.5) is 0 Å². The number of aromatic nitrogens is 1. The maximum absolute atomic E-state index is 13.3. The van der Waals surface area contributed by atoms with E-state index < -0.39 is 0 Å². The normalized spacial score (nSPS) is 18.3. The Hall–Kier alpha value is -3.18. The van der Waals surface area contributed by atoms with Crippen LogP contribution in [0.2, 0.25) is 0 Å². The molecule has 0 aliphatic carbocycles. The maximum Gasteiger partial charge on any atom is 0.254 e. The van der Waals surface area contributed by atoms with Gasteiger partial charge in [-0.15, -0.1) is 0 Å². The van der Waals surface area contributed by atoms with Gasteiger partial charge in [0.1, 0.15) is 17.6 Å². The van der Waals surface area contributed by atoms with Gasteiger partial charge in [-0.25, -0.2) is 0 Å². The van der Waals surface area contributed by atoms with Crippen LogP contribution in [0.1, 0.15) is 35.9 Å². The van der Waals surface area contributed by atoms with Crippen LogP contribution in [0.5, 0.6) is 11.5 Å². The highest BCUT2D eigenvalue weighted by molar-refractivity contribution is 5.95. The highest BCUT2D eigenvalue weighted by atomic mass is 16.5. The number of hydrogen-bond donors (Lipinski definition) is 0. The SMILES string of the molecule is CC1(C)CO[C@H](c2ccccc2)CN1C(=O)c1ccc(Oc2cccnc2)cc1. The Morgan fingerprint density at radius 1 is 1.03 bits per heavy atom. The molecule has 0 bridgehead atoms. The summed E-state index contributed by atoms with van der Waals surface area (Å²) in [7, 11) is 0. The predicted molar refractivity (Wildman–Crippen MR) is 111 cm³/mol. The first-order valence-corrected chi connectivity index (χ1v) is 9.69. The number of carbonyl (C=O) groups is 1. The Balaban J connectivity index is 1.50. The molecule has 0 unspecified atom stereocenters. The average molecular weight is 388 g/mol. The highest BCUT2D eigenvalue weighted by Gasteiger charge is 2.38. The number of carbonyl (C=O) groups excluding carboxylic acids is 1. The second-order valence-corrected chi connectivity index (χ2v) is 7.75. The molecule has 29 heavy (non-hydrogen) atoms. The molecule has 1 aliphatic rings. The van der Waals surface area contributed by atoms with E-state index in [0.717, 1.165) is 5.56 Å². The molecule has 0 radical (unpaired) electrons. The van der Waals surface area contributed by atoms with Crippen LogP contribution in [0.15, 0.2) is 79.1 Å². The molecule has 148 valence electrons. The fraction of sp³-hybridized carbons (Fsp3) is 0.250. The molecule has 1 aliphatic heterocycles. The van der Waals surface area contributed by atoms with Crippen LogP contribution < -0.4 is 4.74 Å². The van der Waals surface area contributed by atoms with E-state index in [1.54, 1.807) is 24.5 Å². The number of rotatable bonds is 4. The molecule has 4 rings (SSSR count). The molecule has 5 nitrogen and oxygen atoms in total. The molecular formula is C24H24N2O3. The lowest BCUT2D eigenvalue weighted by atomic mass is 9.97. The number of benzene rings is 2. The lowest BCUT2D eigenvalue weighted by Crippen LogP contribution is -2.56. The van der Waals surface area contributed by atoms with Crippen molar-refractivity contribution in [2.24, 2.45) is 0 Å². The Kier molecular flexibility index (Phi) is 5.32. The summed E-state index contributed by atoms with van der Waals surface area (Å²) in [5, 5.41) is 0. The third-order valence-corrected chi connectivity index (χ3v) is 5.10. The Morgan fingerprint density at radius 2 is 1.79 bits per heavy atom. The average Bonchev–Trinajstić information content (AvgIpc) is 2.75. The summed E-state index contributed by atoms with van der Waals surface area (Å²) in [6.45, 7) is 5.07. The number of amides is 1. The van der Waals surface area contributed by atoms with Gasteiger partial charge in [-0.05, 0) is 55.8 Å². The summed E-state index contributed by atoms with van der Waals surface area (Å²) in [6.07, 6.45) is 3.22. The fourth-order valence-corrected chi connectivity index (χ4v) is 3.44. The molecule has 1 atom stereocenters. The zero-order valence-corrected chi connectivity index (χ0v) is 16.6. The summed E-state index contributed by atoms with van der Waals surface area (Å²) in [6, 6.07) is 20.9. The number of pyridine rings is 1. The minimum atomic E-state index is -0.382. The lowest BCUT2D eigenvalue weighted by molar-refractivity contribution is -0.0846. The quantitative estimate of drug-likeness (QED) is 0.640. The van der Waals surface area contributed by atoms with E-state index in [2.05, 4.69) is 4.98 Å². The number of ether oxygens (including phenoxy) is 2. The van der Waals surface area contributed by atoms with Crippen molar-refractivity contribution in [2.45, 2.75) is 25.5 Å². The molecule has 1 amide bonds. The van der Waals surface area contributed by atoms with Gasteiger partial charge in [0.2, 0.25) is 0 Å². The summed E-state index contributed by atoms with van der Waals surface area (Å²) in [4.78, 5) is 19.2. The van der Waals surface area contributed by atoms with Gasteiger partial charge in [0.25, 0.3) is 5.91 Å². The molecule has 0 N–H and O–H groups in total. The van der Waals surface area contributed by atoms with Crippen molar-refractivity contribution in [1.82, 2.24) is 9.88 Å². The Morgan fingerprint density at radius 3 is 2.48 bits per heavy atom. The number of hydrogen-bond acceptors (Lipinski definition) is 4. The van der Waals surface area contributed by atoms with Crippen molar-refractivity contribution in [2.75, 3.05) is 13.2 Å². The van der Waals surface area contributed by atoms with Gasteiger partial charge in [-0.1, -0.05) is 30.3 Å². The van der Waals surface area contributed by atoms with E-state index in [-0.39, 0.29) is 17.6 Å². The van der Waals surface area contributed by atoms with Crippen LogP contribution in [-0.2, 0) is 4.74 Å². The molecule has 3 aromatic rings. The van der Waals surface area contributed by atoms with Crippen molar-refractivity contribution in [3.8, 4) is 11.5 Å². The molecule has 2 heterocycles. The first kappa shape index (κ1) is 19.2. The van der Waals surface area contributed by atoms with E-state index >= 15 is 0 Å². The predicted octanol–water partition coefficient (Wildman–Crippen LogP) is 4.87. The summed E-state index contributed by atoms with van der Waals surface area (Å²) < 4.78 is 11.8. The Labute approximate surface area is 170 Å². The van der Waals surface area contributed by atoms with Crippen LogP contribution >= 0.6 is 0 Å². The monoisotopic (exact) mass is 388 g/mol. The van der Waals surface area contributed by atoms with Crippen molar-refractivity contribution in [1.29, 1.82) is 0 Å². The minimum Gasteiger partial charge on any atom is -0.456 e. The maximum atomic E-state index is 13.3. The zero-order valence-electron chi connectivity index (χ0n) is 16.6. The van der Waals surface area contributed by atoms with E-state index in [9.17, 15) is 4.79 Å². The number of nitrogens with zero attached hydrogens (tertiary/aromatic N) is 2. The molecule has 1 saturated heterocycles. The van der Waals surface area contributed by atoms with E-state index in [0.29, 0.717) is 30.2 Å². The minimum absolute atomic E-state index is 0.00726. The van der Waals surface area contributed by atoms with E-state index in [1.165, 1.54) is 0 Å². The first-order chi connectivity index (χ1) is 14.0. The Bertz CT molecular complexity index is 956. The smallest absolute Gasteiger partial charge is 0.254 e.